The lowest BCUT2D eigenvalue weighted by Gasteiger charge is -2.28. The van der Waals surface area contributed by atoms with Crippen molar-refractivity contribution >= 4 is 0 Å². The van der Waals surface area contributed by atoms with Gasteiger partial charge in [0.05, 0.1) is 11.7 Å². The van der Waals surface area contributed by atoms with E-state index in [1.807, 2.05) is 7.05 Å². The van der Waals surface area contributed by atoms with E-state index in [1.165, 1.54) is 0 Å². The highest BCUT2D eigenvalue weighted by molar-refractivity contribution is 4.70. The molecule has 0 saturated heterocycles. The third kappa shape index (κ3) is 5.22. The second-order valence-electron chi connectivity index (χ2n) is 4.01. The Labute approximate surface area is 70.3 Å². The Hall–Kier alpha value is -0.0800. The Kier molecular flexibility index (Phi) is 4.04. The molecule has 0 aromatic heterocycles. The zero-order chi connectivity index (χ0) is 9.07. The standard InChI is InChI=1S/C9H21NO/c1-7(10-6)8(2)11-9(3,4)5/h7-8,10H,1-6H3. The fourth-order valence-corrected chi connectivity index (χ4v) is 0.894. The molecule has 0 aliphatic heterocycles. The van der Waals surface area contributed by atoms with Crippen molar-refractivity contribution in [2.45, 2.75) is 52.4 Å². The number of hydrogen-bond acceptors (Lipinski definition) is 2. The predicted octanol–water partition coefficient (Wildman–Crippen LogP) is 1.80. The highest BCUT2D eigenvalue weighted by Crippen LogP contribution is 2.12. The summed E-state index contributed by atoms with van der Waals surface area (Å²) in [7, 11) is 1.95. The average Bonchev–Trinajstić information content (AvgIpc) is 1.82. The average molecular weight is 159 g/mol. The zero-order valence-corrected chi connectivity index (χ0v) is 8.56. The van der Waals surface area contributed by atoms with Gasteiger partial charge in [0.2, 0.25) is 0 Å². The maximum Gasteiger partial charge on any atom is 0.0704 e. The van der Waals surface area contributed by atoms with Gasteiger partial charge in [0, 0.05) is 6.04 Å². The third-order valence-corrected chi connectivity index (χ3v) is 1.70. The number of ether oxygens (including phenoxy) is 1. The quantitative estimate of drug-likeness (QED) is 0.678. The van der Waals surface area contributed by atoms with Crippen LogP contribution in [0.25, 0.3) is 0 Å². The summed E-state index contributed by atoms with van der Waals surface area (Å²) in [4.78, 5) is 0. The van der Waals surface area contributed by atoms with E-state index in [4.69, 9.17) is 4.74 Å². The molecular weight excluding hydrogens is 138 g/mol. The van der Waals surface area contributed by atoms with Crippen LogP contribution in [0.3, 0.4) is 0 Å². The molecule has 2 atom stereocenters. The molecule has 0 radical (unpaired) electrons. The summed E-state index contributed by atoms with van der Waals surface area (Å²) in [6, 6.07) is 0.411. The molecule has 0 amide bonds. The van der Waals surface area contributed by atoms with Crippen molar-refractivity contribution in [1.29, 1.82) is 0 Å². The molecular formula is C9H21NO. The second-order valence-corrected chi connectivity index (χ2v) is 4.01. The van der Waals surface area contributed by atoms with E-state index in [0.717, 1.165) is 0 Å². The van der Waals surface area contributed by atoms with Crippen LogP contribution in [0.1, 0.15) is 34.6 Å². The van der Waals surface area contributed by atoms with Crippen LogP contribution < -0.4 is 5.32 Å². The molecule has 0 saturated carbocycles. The predicted molar refractivity (Wildman–Crippen MR) is 48.8 cm³/mol. The Morgan fingerprint density at radius 2 is 1.64 bits per heavy atom. The van der Waals surface area contributed by atoms with Crippen LogP contribution in [-0.4, -0.2) is 24.8 Å². The Morgan fingerprint density at radius 1 is 1.18 bits per heavy atom. The Balaban J connectivity index is 3.77. The maximum atomic E-state index is 5.73. The van der Waals surface area contributed by atoms with Crippen molar-refractivity contribution < 1.29 is 4.74 Å². The smallest absolute Gasteiger partial charge is 0.0704 e. The molecule has 2 unspecified atom stereocenters. The van der Waals surface area contributed by atoms with Crippen molar-refractivity contribution in [3.05, 3.63) is 0 Å². The monoisotopic (exact) mass is 159 g/mol. The normalized spacial score (nSPS) is 18.0. The largest absolute Gasteiger partial charge is 0.371 e. The first-order valence-electron chi connectivity index (χ1n) is 4.22. The number of likely N-dealkylation sites (N-methyl/N-ethyl adjacent to an activating group) is 1. The summed E-state index contributed by atoms with van der Waals surface area (Å²) >= 11 is 0. The van der Waals surface area contributed by atoms with Crippen LogP contribution in [0, 0.1) is 0 Å². The van der Waals surface area contributed by atoms with Gasteiger partial charge in [0.1, 0.15) is 0 Å². The van der Waals surface area contributed by atoms with Gasteiger partial charge in [0.15, 0.2) is 0 Å². The molecule has 0 rings (SSSR count). The van der Waals surface area contributed by atoms with Crippen molar-refractivity contribution in [1.82, 2.24) is 5.32 Å². The minimum atomic E-state index is -0.0372. The van der Waals surface area contributed by atoms with Crippen LogP contribution in [0.2, 0.25) is 0 Å². The van der Waals surface area contributed by atoms with Gasteiger partial charge in [-0.25, -0.2) is 0 Å². The van der Waals surface area contributed by atoms with Gasteiger partial charge in [-0.05, 0) is 41.7 Å². The van der Waals surface area contributed by atoms with E-state index in [0.29, 0.717) is 6.04 Å². The lowest BCUT2D eigenvalue weighted by Crippen LogP contribution is -2.39. The molecule has 0 heterocycles. The van der Waals surface area contributed by atoms with Gasteiger partial charge in [0.25, 0.3) is 0 Å². The highest BCUT2D eigenvalue weighted by atomic mass is 16.5. The maximum absolute atomic E-state index is 5.73. The number of hydrogen-bond donors (Lipinski definition) is 1. The summed E-state index contributed by atoms with van der Waals surface area (Å²) in [6.07, 6.45) is 0.264. The molecule has 0 spiro atoms. The van der Waals surface area contributed by atoms with Crippen LogP contribution in [-0.2, 0) is 4.74 Å². The van der Waals surface area contributed by atoms with E-state index in [9.17, 15) is 0 Å². The Bertz CT molecular complexity index is 107. The van der Waals surface area contributed by atoms with Gasteiger partial charge in [-0.2, -0.15) is 0 Å². The topological polar surface area (TPSA) is 21.3 Å². The first kappa shape index (κ1) is 10.9. The SMILES string of the molecule is CNC(C)C(C)OC(C)(C)C. The number of nitrogens with one attached hydrogen (secondary N) is 1. The molecule has 0 fully saturated rings. The summed E-state index contributed by atoms with van der Waals surface area (Å²) in [5.74, 6) is 0. The van der Waals surface area contributed by atoms with Gasteiger partial charge < -0.3 is 10.1 Å². The van der Waals surface area contributed by atoms with Gasteiger partial charge >= 0.3 is 0 Å². The molecule has 0 aliphatic rings. The van der Waals surface area contributed by atoms with E-state index < -0.39 is 0 Å². The van der Waals surface area contributed by atoms with E-state index in [1.54, 1.807) is 0 Å². The molecule has 2 heteroatoms. The van der Waals surface area contributed by atoms with E-state index in [-0.39, 0.29) is 11.7 Å². The van der Waals surface area contributed by atoms with Crippen molar-refractivity contribution in [3.8, 4) is 0 Å². The minimum Gasteiger partial charge on any atom is -0.371 e. The molecule has 2 nitrogen and oxygen atoms in total. The molecule has 0 bridgehead atoms. The highest BCUT2D eigenvalue weighted by Gasteiger charge is 2.18. The van der Waals surface area contributed by atoms with Crippen LogP contribution in [0.5, 0.6) is 0 Å². The summed E-state index contributed by atoms with van der Waals surface area (Å²) < 4.78 is 5.73. The second kappa shape index (κ2) is 4.07. The van der Waals surface area contributed by atoms with E-state index in [2.05, 4.69) is 39.9 Å². The Morgan fingerprint density at radius 3 is 1.91 bits per heavy atom. The first-order valence-corrected chi connectivity index (χ1v) is 4.22. The number of rotatable bonds is 3. The molecule has 0 aliphatic carbocycles. The third-order valence-electron chi connectivity index (χ3n) is 1.70. The molecule has 68 valence electrons. The van der Waals surface area contributed by atoms with Crippen LogP contribution in [0.4, 0.5) is 0 Å². The van der Waals surface area contributed by atoms with Gasteiger partial charge in [-0.1, -0.05) is 0 Å². The first-order chi connectivity index (χ1) is 4.87. The summed E-state index contributed by atoms with van der Waals surface area (Å²) in [5.41, 5.74) is -0.0372. The molecule has 0 aromatic rings. The van der Waals surface area contributed by atoms with Crippen LogP contribution >= 0.6 is 0 Å². The summed E-state index contributed by atoms with van der Waals surface area (Å²) in [6.45, 7) is 10.4. The molecule has 1 N–H and O–H groups in total. The fourth-order valence-electron chi connectivity index (χ4n) is 0.894. The fraction of sp³-hybridized carbons (Fsp3) is 1.00. The van der Waals surface area contributed by atoms with Crippen molar-refractivity contribution in [2.24, 2.45) is 0 Å². The van der Waals surface area contributed by atoms with Gasteiger partial charge in [-0.3, -0.25) is 0 Å². The van der Waals surface area contributed by atoms with E-state index >= 15 is 0 Å². The molecule has 0 aromatic carbocycles. The summed E-state index contributed by atoms with van der Waals surface area (Å²) in [5, 5.41) is 3.16. The van der Waals surface area contributed by atoms with Crippen molar-refractivity contribution in [2.75, 3.05) is 7.05 Å². The van der Waals surface area contributed by atoms with Crippen LogP contribution in [0.15, 0.2) is 0 Å². The lowest BCUT2D eigenvalue weighted by atomic mass is 10.1. The lowest BCUT2D eigenvalue weighted by molar-refractivity contribution is -0.0628. The van der Waals surface area contributed by atoms with Gasteiger partial charge in [-0.15, -0.1) is 0 Å². The molecule has 11 heavy (non-hydrogen) atoms. The van der Waals surface area contributed by atoms with Crippen molar-refractivity contribution in [3.63, 3.8) is 0 Å². The zero-order valence-electron chi connectivity index (χ0n) is 8.56. The minimum absolute atomic E-state index is 0.0372.